The highest BCUT2D eigenvalue weighted by Crippen LogP contribution is 2.70. The normalized spacial score (nSPS) is 24.0. The van der Waals surface area contributed by atoms with Gasteiger partial charge in [-0.3, -0.25) is 33.7 Å². The van der Waals surface area contributed by atoms with E-state index in [1.165, 1.54) is 52.7 Å². The molecule has 2 saturated carbocycles. The number of unbranched alkanes of at least 4 members (excludes halogenated alkanes) is 2. The van der Waals surface area contributed by atoms with Gasteiger partial charge in [0.2, 0.25) is 24.0 Å². The molecule has 26 nitrogen and oxygen atoms in total. The molecular formula is C63H75N7O19. The van der Waals surface area contributed by atoms with E-state index in [1.807, 2.05) is 6.07 Å². The number of nitrogens with zero attached hydrogens (tertiary/aromatic N) is 1. The molecular weight excluding hydrogens is 1160 g/mol. The van der Waals surface area contributed by atoms with Crippen molar-refractivity contribution in [2.45, 2.75) is 112 Å². The Bertz CT molecular complexity index is 3240. The zero-order chi connectivity index (χ0) is 63.5. The number of carbonyl (C=O) groups is 8. The van der Waals surface area contributed by atoms with Crippen molar-refractivity contribution in [1.82, 2.24) is 26.2 Å². The molecule has 0 radical (unpaired) electrons. The maximum absolute atomic E-state index is 13.8. The lowest BCUT2D eigenvalue weighted by molar-refractivity contribution is -0.312. The molecule has 26 heteroatoms. The quantitative estimate of drug-likeness (QED) is 0.0174. The number of aliphatic hydroxyl groups excluding tert-OH is 1. The number of anilines is 1. The third kappa shape index (κ3) is 13.6. The number of imide groups is 1. The number of nitrogens with one attached hydrogen (secondary N) is 5. The Morgan fingerprint density at radius 1 is 0.787 bits per heavy atom. The lowest BCUT2D eigenvalue weighted by atomic mass is 9.67. The summed E-state index contributed by atoms with van der Waals surface area (Å²) in [6.07, 6.45) is 0.697. The van der Waals surface area contributed by atoms with Gasteiger partial charge >= 0.3 is 18.1 Å². The Balaban J connectivity index is 0.775. The minimum Gasteiger partial charge on any atom is -0.497 e. The molecule has 8 amide bonds. The van der Waals surface area contributed by atoms with Gasteiger partial charge in [-0.05, 0) is 92.3 Å². The molecule has 3 fully saturated rings. The maximum atomic E-state index is 13.8. The van der Waals surface area contributed by atoms with Gasteiger partial charge in [-0.25, -0.2) is 9.59 Å². The van der Waals surface area contributed by atoms with Gasteiger partial charge in [0, 0.05) is 69.2 Å². The van der Waals surface area contributed by atoms with Crippen LogP contribution >= 0.6 is 0 Å². The Morgan fingerprint density at radius 2 is 1.51 bits per heavy atom. The summed E-state index contributed by atoms with van der Waals surface area (Å²) in [5.41, 5.74) is 1.71. The summed E-state index contributed by atoms with van der Waals surface area (Å²) in [4.78, 5) is 104. The molecule has 1 unspecified atom stereocenters. The fraction of sp³-hybridized carbons (Fsp3) is 0.460. The molecule has 89 heavy (non-hydrogen) atoms. The molecule has 0 bridgehead atoms. The van der Waals surface area contributed by atoms with Gasteiger partial charge in [-0.2, -0.15) is 0 Å². The summed E-state index contributed by atoms with van der Waals surface area (Å²) in [7, 11) is 5.53. The number of methoxy groups -OCH3 is 4. The van der Waals surface area contributed by atoms with Gasteiger partial charge in [0.1, 0.15) is 47.2 Å². The zero-order valence-corrected chi connectivity index (χ0v) is 49.8. The van der Waals surface area contributed by atoms with Crippen LogP contribution in [0.15, 0.2) is 103 Å². The van der Waals surface area contributed by atoms with Crippen LogP contribution in [0.2, 0.25) is 0 Å². The van der Waals surface area contributed by atoms with Crippen molar-refractivity contribution in [2.24, 2.45) is 17.1 Å². The van der Waals surface area contributed by atoms with Crippen LogP contribution in [-0.2, 0) is 70.3 Å². The minimum atomic E-state index is -2.32. The second-order valence-corrected chi connectivity index (χ2v) is 22.2. The number of hydrogen-bond acceptors (Lipinski definition) is 19. The standard InChI is InChI=1S/C63H75N7O19/c1-81-41-22-18-39(19-23-41)63-50(38-13-7-5-8-14-38)49(54(75)83-3)52(73)62(63,80)51-45(82-2)33-43(34-46(51)89-63)88-56-55(84-4)85-36-42(87-56)26-31-67-60(79)86-35-37-16-20-40(21-17-37)68-53(74)44(15-11-30-66-59(64)78)69-58(77)61(27-12-28-61)57(76)65-29-9-6-10-32-70-47(71)24-25-48(70)72/h5,7-8,13-14,16-25,33-34,42,44,49-50,52,55-56,73,80H,6,9-12,15,26-32,35-36H2,1-4H3,(H,65,76)(H,67,79)(H,68,74)(H,69,77)(H3,64,66,78)/t42-,44-,49+,50+,52+,55+,56?,62-,63-/m0/s1. The monoisotopic (exact) mass is 1230 g/mol. The molecule has 2 aliphatic carbocycles. The molecule has 9 rings (SSSR count). The Kier molecular flexibility index (Phi) is 20.7. The van der Waals surface area contributed by atoms with Gasteiger partial charge < -0.3 is 85.2 Å². The molecule has 476 valence electrons. The van der Waals surface area contributed by atoms with Gasteiger partial charge in [-0.1, -0.05) is 61.0 Å². The lowest BCUT2D eigenvalue weighted by Gasteiger charge is -2.40. The largest absolute Gasteiger partial charge is 0.497 e. The van der Waals surface area contributed by atoms with Crippen molar-refractivity contribution in [3.05, 3.63) is 125 Å². The molecule has 0 aromatic heterocycles. The van der Waals surface area contributed by atoms with Crippen LogP contribution in [0.25, 0.3) is 0 Å². The molecule has 1 saturated heterocycles. The van der Waals surface area contributed by atoms with Crippen LogP contribution in [0, 0.1) is 11.3 Å². The SMILES string of the molecule is COC(=O)[C@H]1[C@@H](O)[C@@]2(O)c3c(OC)cc(OC4O[C@@H](CCNC(=O)OCc5ccc(NC(=O)[C@H](CCCNC(N)=O)NC(=O)C6(C(=O)NCCCCCN7C(=O)C=CC7=O)CCC6)cc5)CO[C@H]4OC)cc3O[C@@]2(c2ccc(OC)cc2)[C@@H]1c1ccccc1. The first-order valence-corrected chi connectivity index (χ1v) is 29.4. The van der Waals surface area contributed by atoms with Crippen LogP contribution in [0.3, 0.4) is 0 Å². The predicted molar refractivity (Wildman–Crippen MR) is 315 cm³/mol. The Hall–Kier alpha value is -8.82. The highest BCUT2D eigenvalue weighted by atomic mass is 16.8. The van der Waals surface area contributed by atoms with E-state index in [-0.39, 0.29) is 106 Å². The molecule has 9 atom stereocenters. The van der Waals surface area contributed by atoms with Crippen molar-refractivity contribution >= 4 is 53.3 Å². The number of amides is 8. The van der Waals surface area contributed by atoms with Gasteiger partial charge in [0.15, 0.2) is 11.2 Å². The van der Waals surface area contributed by atoms with Crippen LogP contribution in [0.4, 0.5) is 15.3 Å². The summed E-state index contributed by atoms with van der Waals surface area (Å²) >= 11 is 0. The number of urea groups is 1. The number of rotatable bonds is 28. The van der Waals surface area contributed by atoms with Crippen molar-refractivity contribution in [3.8, 4) is 23.0 Å². The van der Waals surface area contributed by atoms with Crippen molar-refractivity contribution in [1.29, 1.82) is 0 Å². The summed E-state index contributed by atoms with van der Waals surface area (Å²) in [6, 6.07) is 23.4. The van der Waals surface area contributed by atoms with Gasteiger partial charge in [0.25, 0.3) is 18.1 Å². The number of fused-ring (bicyclic) bond motifs is 3. The molecule has 4 aromatic rings. The highest BCUT2D eigenvalue weighted by Gasteiger charge is 2.78. The average Bonchev–Trinajstić information content (AvgIpc) is 1.50. The number of esters is 1. The predicted octanol–water partition coefficient (Wildman–Crippen LogP) is 3.79. The Morgan fingerprint density at radius 3 is 2.16 bits per heavy atom. The number of primary amides is 1. The summed E-state index contributed by atoms with van der Waals surface area (Å²) in [5.74, 6) is -4.60. The van der Waals surface area contributed by atoms with E-state index in [4.69, 9.17) is 48.4 Å². The van der Waals surface area contributed by atoms with E-state index in [1.54, 1.807) is 72.8 Å². The first-order valence-electron chi connectivity index (χ1n) is 29.4. The van der Waals surface area contributed by atoms with E-state index < -0.39 is 95.1 Å². The fourth-order valence-electron chi connectivity index (χ4n) is 12.2. The number of aliphatic hydroxyl groups is 2. The molecule has 9 N–H and O–H groups in total. The number of benzene rings is 4. The number of hydrogen-bond donors (Lipinski definition) is 8. The van der Waals surface area contributed by atoms with E-state index in [9.17, 15) is 48.6 Å². The van der Waals surface area contributed by atoms with Crippen LogP contribution in [0.1, 0.15) is 86.0 Å². The molecule has 5 aliphatic rings. The van der Waals surface area contributed by atoms with Crippen LogP contribution in [-0.4, -0.2) is 155 Å². The van der Waals surface area contributed by atoms with E-state index in [0.717, 1.165) is 4.90 Å². The topological polar surface area (TPSA) is 350 Å². The highest BCUT2D eigenvalue weighted by molar-refractivity contribution is 6.13. The van der Waals surface area contributed by atoms with Crippen molar-refractivity contribution < 1.29 is 91.2 Å². The number of alkyl carbamates (subject to hydrolysis) is 1. The smallest absolute Gasteiger partial charge is 0.407 e. The molecule has 3 aliphatic heterocycles. The summed E-state index contributed by atoms with van der Waals surface area (Å²) < 4.78 is 53.4. The maximum Gasteiger partial charge on any atom is 0.407 e. The number of ether oxygens (including phenoxy) is 9. The first kappa shape index (κ1) is 64.6. The van der Waals surface area contributed by atoms with Crippen LogP contribution < -0.4 is 51.3 Å². The minimum absolute atomic E-state index is 0.0622. The second-order valence-electron chi connectivity index (χ2n) is 22.2. The van der Waals surface area contributed by atoms with E-state index in [2.05, 4.69) is 26.6 Å². The first-order chi connectivity index (χ1) is 42.9. The van der Waals surface area contributed by atoms with Crippen LogP contribution in [0.5, 0.6) is 23.0 Å². The van der Waals surface area contributed by atoms with Crippen molar-refractivity contribution in [2.75, 3.05) is 66.5 Å². The third-order valence-electron chi connectivity index (χ3n) is 16.9. The van der Waals surface area contributed by atoms with Gasteiger partial charge in [0.05, 0.1) is 45.5 Å². The summed E-state index contributed by atoms with van der Waals surface area (Å²) in [6.45, 7) is 0.711. The van der Waals surface area contributed by atoms with Gasteiger partial charge in [-0.15, -0.1) is 0 Å². The second kappa shape index (κ2) is 28.6. The Labute approximate surface area is 513 Å². The molecule has 3 heterocycles. The third-order valence-corrected chi connectivity index (χ3v) is 16.9. The van der Waals surface area contributed by atoms with E-state index in [0.29, 0.717) is 53.8 Å². The number of carbonyl (C=O) groups excluding carboxylic acids is 8. The van der Waals surface area contributed by atoms with Crippen molar-refractivity contribution in [3.63, 3.8) is 0 Å². The molecule has 4 aromatic carbocycles. The van der Waals surface area contributed by atoms with E-state index >= 15 is 0 Å². The number of nitrogens with two attached hydrogens (primary N) is 1. The summed E-state index contributed by atoms with van der Waals surface area (Å²) in [5, 5.41) is 39.2. The average molecular weight is 1230 g/mol. The fourth-order valence-corrected chi connectivity index (χ4v) is 12.2. The molecule has 0 spiro atoms. The lowest BCUT2D eigenvalue weighted by Crippen LogP contribution is -2.58. The zero-order valence-electron chi connectivity index (χ0n) is 49.8.